The SMILES string of the molecule is Cc1cccc2c1nc(C(C)Cl)n2C1(C)CCCC1. The molecule has 1 fully saturated rings. The minimum absolute atomic E-state index is 0.0516. The molecule has 1 aliphatic rings. The number of nitrogens with zero attached hydrogens (tertiary/aromatic N) is 2. The summed E-state index contributed by atoms with van der Waals surface area (Å²) in [7, 11) is 0. The summed E-state index contributed by atoms with van der Waals surface area (Å²) in [6, 6.07) is 6.43. The van der Waals surface area contributed by atoms with Gasteiger partial charge in [-0.05, 0) is 45.2 Å². The van der Waals surface area contributed by atoms with Crippen LogP contribution in [0.3, 0.4) is 0 Å². The molecule has 0 radical (unpaired) electrons. The lowest BCUT2D eigenvalue weighted by molar-refractivity contribution is 0.328. The standard InChI is InChI=1S/C16H21ClN2/c1-11-7-6-8-13-14(11)18-15(12(2)17)19(13)16(3)9-4-5-10-16/h6-8,12H,4-5,9-10H2,1-3H3. The van der Waals surface area contributed by atoms with Crippen LogP contribution in [0.1, 0.15) is 56.3 Å². The summed E-state index contributed by atoms with van der Waals surface area (Å²) in [5.74, 6) is 1.02. The molecule has 0 bridgehead atoms. The average molecular weight is 277 g/mol. The number of imidazole rings is 1. The molecule has 0 amide bonds. The van der Waals surface area contributed by atoms with Crippen LogP contribution in [-0.2, 0) is 5.54 Å². The molecule has 2 aromatic rings. The molecule has 19 heavy (non-hydrogen) atoms. The van der Waals surface area contributed by atoms with Gasteiger partial charge in [0.25, 0.3) is 0 Å². The fourth-order valence-electron chi connectivity index (χ4n) is 3.45. The van der Waals surface area contributed by atoms with Crippen molar-refractivity contribution in [3.05, 3.63) is 29.6 Å². The molecule has 1 unspecified atom stereocenters. The summed E-state index contributed by atoms with van der Waals surface area (Å²) in [5.41, 5.74) is 3.77. The Labute approximate surface area is 119 Å². The van der Waals surface area contributed by atoms with E-state index in [1.807, 2.05) is 6.92 Å². The van der Waals surface area contributed by atoms with Crippen LogP contribution in [0.25, 0.3) is 11.0 Å². The van der Waals surface area contributed by atoms with E-state index < -0.39 is 0 Å². The van der Waals surface area contributed by atoms with Gasteiger partial charge >= 0.3 is 0 Å². The third-order valence-electron chi connectivity index (χ3n) is 4.49. The van der Waals surface area contributed by atoms with E-state index in [9.17, 15) is 0 Å². The fraction of sp³-hybridized carbons (Fsp3) is 0.562. The van der Waals surface area contributed by atoms with Crippen LogP contribution < -0.4 is 0 Å². The molecule has 2 nitrogen and oxygen atoms in total. The van der Waals surface area contributed by atoms with Crippen LogP contribution in [0.15, 0.2) is 18.2 Å². The lowest BCUT2D eigenvalue weighted by Gasteiger charge is -2.29. The summed E-state index contributed by atoms with van der Waals surface area (Å²) >= 11 is 6.39. The van der Waals surface area contributed by atoms with Crippen molar-refractivity contribution in [2.24, 2.45) is 0 Å². The van der Waals surface area contributed by atoms with Crippen LogP contribution in [0.4, 0.5) is 0 Å². The zero-order chi connectivity index (χ0) is 13.6. The molecule has 3 rings (SSSR count). The van der Waals surface area contributed by atoms with Gasteiger partial charge in [0.2, 0.25) is 0 Å². The van der Waals surface area contributed by atoms with Crippen LogP contribution in [0.5, 0.6) is 0 Å². The Morgan fingerprint density at radius 1 is 1.32 bits per heavy atom. The molecule has 0 N–H and O–H groups in total. The first-order chi connectivity index (χ1) is 9.03. The predicted octanol–water partition coefficient (Wildman–Crippen LogP) is 4.93. The normalized spacial score (nSPS) is 20.0. The molecule has 3 heteroatoms. The molecule has 0 spiro atoms. The van der Waals surface area contributed by atoms with E-state index in [-0.39, 0.29) is 10.9 Å². The van der Waals surface area contributed by atoms with Gasteiger partial charge in [-0.2, -0.15) is 0 Å². The van der Waals surface area contributed by atoms with Gasteiger partial charge in [0.15, 0.2) is 0 Å². The van der Waals surface area contributed by atoms with E-state index in [0.29, 0.717) is 0 Å². The molecule has 1 saturated carbocycles. The lowest BCUT2D eigenvalue weighted by Crippen LogP contribution is -2.28. The second-order valence-corrected chi connectivity index (χ2v) is 6.72. The van der Waals surface area contributed by atoms with Gasteiger partial charge in [0.05, 0.1) is 16.4 Å². The van der Waals surface area contributed by atoms with Crippen LogP contribution in [0, 0.1) is 6.92 Å². The lowest BCUT2D eigenvalue weighted by atomic mass is 9.99. The summed E-state index contributed by atoms with van der Waals surface area (Å²) < 4.78 is 2.42. The van der Waals surface area contributed by atoms with Crippen molar-refractivity contribution in [1.82, 2.24) is 9.55 Å². The second-order valence-electron chi connectivity index (χ2n) is 6.07. The topological polar surface area (TPSA) is 17.8 Å². The monoisotopic (exact) mass is 276 g/mol. The molecule has 0 saturated heterocycles. The van der Waals surface area contributed by atoms with Gasteiger partial charge in [0.1, 0.15) is 5.82 Å². The first kappa shape index (κ1) is 13.0. The molecule has 1 aliphatic carbocycles. The van der Waals surface area contributed by atoms with Gasteiger partial charge in [-0.25, -0.2) is 4.98 Å². The van der Waals surface area contributed by atoms with Crippen molar-refractivity contribution in [3.63, 3.8) is 0 Å². The Balaban J connectivity index is 2.31. The van der Waals surface area contributed by atoms with E-state index in [1.54, 1.807) is 0 Å². The highest BCUT2D eigenvalue weighted by atomic mass is 35.5. The number of halogens is 1. The second kappa shape index (κ2) is 4.52. The smallest absolute Gasteiger partial charge is 0.128 e. The fourth-order valence-corrected chi connectivity index (χ4v) is 3.60. The highest BCUT2D eigenvalue weighted by Crippen LogP contribution is 2.41. The third kappa shape index (κ3) is 1.97. The summed E-state index contributed by atoms with van der Waals surface area (Å²) in [4.78, 5) is 4.83. The number of para-hydroxylation sites is 1. The molecule has 1 aromatic carbocycles. The van der Waals surface area contributed by atoms with Crippen molar-refractivity contribution in [3.8, 4) is 0 Å². The van der Waals surface area contributed by atoms with Gasteiger partial charge in [-0.3, -0.25) is 0 Å². The Kier molecular flexibility index (Phi) is 3.09. The molecular formula is C16H21ClN2. The Hall–Kier alpha value is -1.02. The van der Waals surface area contributed by atoms with E-state index in [4.69, 9.17) is 16.6 Å². The number of alkyl halides is 1. The van der Waals surface area contributed by atoms with Crippen LogP contribution >= 0.6 is 11.6 Å². The van der Waals surface area contributed by atoms with E-state index >= 15 is 0 Å². The molecule has 102 valence electrons. The molecule has 0 aliphatic heterocycles. The molecular weight excluding hydrogens is 256 g/mol. The maximum Gasteiger partial charge on any atom is 0.128 e. The Morgan fingerprint density at radius 3 is 2.63 bits per heavy atom. The van der Waals surface area contributed by atoms with Gasteiger partial charge in [-0.15, -0.1) is 11.6 Å². The third-order valence-corrected chi connectivity index (χ3v) is 4.68. The van der Waals surface area contributed by atoms with Crippen molar-refractivity contribution < 1.29 is 0 Å². The first-order valence-electron chi connectivity index (χ1n) is 7.15. The van der Waals surface area contributed by atoms with Crippen molar-refractivity contribution >= 4 is 22.6 Å². The largest absolute Gasteiger partial charge is 0.321 e. The Morgan fingerprint density at radius 2 is 2.00 bits per heavy atom. The number of aromatic nitrogens is 2. The van der Waals surface area contributed by atoms with Crippen molar-refractivity contribution in [2.75, 3.05) is 0 Å². The number of benzene rings is 1. The summed E-state index contributed by atoms with van der Waals surface area (Å²) in [6.45, 7) is 6.50. The van der Waals surface area contributed by atoms with Crippen molar-refractivity contribution in [1.29, 1.82) is 0 Å². The number of aryl methyl sites for hydroxylation is 1. The van der Waals surface area contributed by atoms with E-state index in [2.05, 4.69) is 36.6 Å². The maximum absolute atomic E-state index is 6.39. The summed E-state index contributed by atoms with van der Waals surface area (Å²) in [6.07, 6.45) is 5.06. The van der Waals surface area contributed by atoms with Gasteiger partial charge in [0, 0.05) is 5.54 Å². The van der Waals surface area contributed by atoms with Gasteiger partial charge < -0.3 is 4.57 Å². The maximum atomic E-state index is 6.39. The van der Waals surface area contributed by atoms with Crippen molar-refractivity contribution in [2.45, 2.75) is 57.4 Å². The predicted molar refractivity (Wildman–Crippen MR) is 80.9 cm³/mol. The first-order valence-corrected chi connectivity index (χ1v) is 7.59. The zero-order valence-electron chi connectivity index (χ0n) is 11.9. The summed E-state index contributed by atoms with van der Waals surface area (Å²) in [5, 5.41) is -0.0516. The molecule has 1 aromatic heterocycles. The Bertz CT molecular complexity index is 606. The number of hydrogen-bond acceptors (Lipinski definition) is 1. The van der Waals surface area contributed by atoms with Gasteiger partial charge in [-0.1, -0.05) is 25.0 Å². The van der Waals surface area contributed by atoms with E-state index in [0.717, 1.165) is 11.3 Å². The molecule has 1 atom stereocenters. The average Bonchev–Trinajstić information content (AvgIpc) is 2.94. The number of fused-ring (bicyclic) bond motifs is 1. The zero-order valence-corrected chi connectivity index (χ0v) is 12.7. The number of rotatable bonds is 2. The van der Waals surface area contributed by atoms with Crippen LogP contribution in [0.2, 0.25) is 0 Å². The highest BCUT2D eigenvalue weighted by Gasteiger charge is 2.34. The van der Waals surface area contributed by atoms with Crippen LogP contribution in [-0.4, -0.2) is 9.55 Å². The number of hydrogen-bond donors (Lipinski definition) is 0. The minimum atomic E-state index is -0.0516. The van der Waals surface area contributed by atoms with E-state index in [1.165, 1.54) is 36.8 Å². The highest BCUT2D eigenvalue weighted by molar-refractivity contribution is 6.20. The minimum Gasteiger partial charge on any atom is -0.321 e. The quantitative estimate of drug-likeness (QED) is 0.711. The molecule has 1 heterocycles.